The molecule has 2 fully saturated rings. The van der Waals surface area contributed by atoms with Crippen molar-refractivity contribution >= 4 is 17.7 Å². The van der Waals surface area contributed by atoms with Crippen molar-refractivity contribution in [1.29, 1.82) is 0 Å². The molecule has 3 N–H and O–H groups in total. The molecule has 0 aromatic heterocycles. The van der Waals surface area contributed by atoms with Gasteiger partial charge in [-0.3, -0.25) is 14.4 Å². The predicted octanol–water partition coefficient (Wildman–Crippen LogP) is 0.984. The van der Waals surface area contributed by atoms with Crippen LogP contribution in [0.5, 0.6) is 11.5 Å². The fourth-order valence-corrected chi connectivity index (χ4v) is 5.90. The SMILES string of the molecule is COc1ccc2c3c1O[C@H]1C(=O)CC[C@@]4(O)[C@@H](C2)N(C)CC[C@]314.O=C(O)CCC(=O)O. The number of likely N-dealkylation sites (N-methyl/N-ethyl adjacent to an activating group) is 1. The monoisotopic (exact) mass is 433 g/mol. The number of carboxylic acids is 2. The van der Waals surface area contributed by atoms with E-state index in [-0.39, 0.29) is 24.7 Å². The number of aliphatic hydroxyl groups is 1. The number of hydrogen-bond acceptors (Lipinski definition) is 7. The molecule has 9 nitrogen and oxygen atoms in total. The van der Waals surface area contributed by atoms with Crippen LogP contribution in [0.2, 0.25) is 0 Å². The van der Waals surface area contributed by atoms with Gasteiger partial charge < -0.3 is 29.7 Å². The van der Waals surface area contributed by atoms with Crippen LogP contribution in [0.1, 0.15) is 43.2 Å². The number of benzene rings is 1. The number of aliphatic carboxylic acids is 2. The van der Waals surface area contributed by atoms with E-state index in [2.05, 4.69) is 18.0 Å². The Hall–Kier alpha value is -2.65. The molecule has 1 spiro atoms. The molecule has 2 aliphatic heterocycles. The standard InChI is InChI=1S/C18H21NO4.C4H6O4/c1-19-8-7-17-14-10-3-4-12(22-2)15(14)23-16(17)11(20)5-6-18(17,21)13(19)9-10;5-3(6)1-2-4(7)8/h3-4,13,16,21H,5-9H2,1-2H3;1-2H2,(H,5,6)(H,7,8)/t13-,16+,17+,18-;/m1./s1. The Labute approximate surface area is 179 Å². The zero-order chi connectivity index (χ0) is 22.6. The molecule has 1 aromatic carbocycles. The number of methoxy groups -OCH3 is 1. The highest BCUT2D eigenvalue weighted by Gasteiger charge is 2.72. The Kier molecular flexibility index (Phi) is 5.21. The average Bonchev–Trinajstić information content (AvgIpc) is 3.08. The van der Waals surface area contributed by atoms with E-state index in [1.54, 1.807) is 7.11 Å². The lowest BCUT2D eigenvalue weighted by Gasteiger charge is -2.62. The molecule has 4 aliphatic rings. The molecule has 2 aliphatic carbocycles. The zero-order valence-corrected chi connectivity index (χ0v) is 17.6. The number of piperidine rings is 1. The van der Waals surface area contributed by atoms with Gasteiger partial charge in [-0.25, -0.2) is 0 Å². The molecular formula is C22H27NO8. The van der Waals surface area contributed by atoms with Gasteiger partial charge in [0.1, 0.15) is 0 Å². The Bertz CT molecular complexity index is 932. The molecule has 1 aromatic rings. The molecule has 168 valence electrons. The van der Waals surface area contributed by atoms with E-state index in [9.17, 15) is 19.5 Å². The van der Waals surface area contributed by atoms with E-state index < -0.39 is 29.1 Å². The summed E-state index contributed by atoms with van der Waals surface area (Å²) in [6.45, 7) is 0.871. The second-order valence-corrected chi connectivity index (χ2v) is 8.73. The summed E-state index contributed by atoms with van der Waals surface area (Å²) in [4.78, 5) is 34.2. The quantitative estimate of drug-likeness (QED) is 0.635. The van der Waals surface area contributed by atoms with Gasteiger partial charge >= 0.3 is 11.9 Å². The van der Waals surface area contributed by atoms with Crippen LogP contribution in [0, 0.1) is 0 Å². The van der Waals surface area contributed by atoms with E-state index in [1.165, 1.54) is 5.56 Å². The third-order valence-corrected chi connectivity index (χ3v) is 7.28. The second kappa shape index (κ2) is 7.49. The molecule has 2 bridgehead atoms. The van der Waals surface area contributed by atoms with Crippen molar-refractivity contribution in [2.75, 3.05) is 20.7 Å². The van der Waals surface area contributed by atoms with Crippen molar-refractivity contribution in [3.63, 3.8) is 0 Å². The molecule has 1 saturated carbocycles. The van der Waals surface area contributed by atoms with Gasteiger partial charge in [0.25, 0.3) is 0 Å². The normalized spacial score (nSPS) is 32.3. The zero-order valence-electron chi connectivity index (χ0n) is 17.6. The Balaban J connectivity index is 0.000000250. The smallest absolute Gasteiger partial charge is 0.303 e. The molecule has 0 amide bonds. The lowest BCUT2D eigenvalue weighted by Crippen LogP contribution is -2.76. The number of nitrogens with zero attached hydrogens (tertiary/aromatic N) is 1. The van der Waals surface area contributed by atoms with E-state index in [4.69, 9.17) is 19.7 Å². The van der Waals surface area contributed by atoms with Crippen LogP contribution in [0.25, 0.3) is 0 Å². The minimum absolute atomic E-state index is 0.0438. The molecule has 2 heterocycles. The van der Waals surface area contributed by atoms with E-state index in [0.717, 1.165) is 24.9 Å². The number of carbonyl (C=O) groups is 3. The first kappa shape index (κ1) is 21.6. The van der Waals surface area contributed by atoms with Gasteiger partial charge in [-0.2, -0.15) is 0 Å². The summed E-state index contributed by atoms with van der Waals surface area (Å²) in [5.41, 5.74) is 0.737. The van der Waals surface area contributed by atoms with Gasteiger partial charge in [-0.1, -0.05) is 6.07 Å². The second-order valence-electron chi connectivity index (χ2n) is 8.73. The van der Waals surface area contributed by atoms with Crippen LogP contribution < -0.4 is 9.47 Å². The number of hydrogen-bond donors (Lipinski definition) is 3. The maximum atomic E-state index is 12.7. The molecule has 0 radical (unpaired) electrons. The summed E-state index contributed by atoms with van der Waals surface area (Å²) in [5, 5.41) is 27.5. The molecule has 4 atom stereocenters. The number of likely N-dealkylation sites (tertiary alicyclic amines) is 1. The molecule has 31 heavy (non-hydrogen) atoms. The summed E-state index contributed by atoms with van der Waals surface area (Å²) >= 11 is 0. The number of rotatable bonds is 4. The summed E-state index contributed by atoms with van der Waals surface area (Å²) < 4.78 is 11.6. The third kappa shape index (κ3) is 3.02. The van der Waals surface area contributed by atoms with Gasteiger partial charge in [-0.15, -0.1) is 0 Å². The highest BCUT2D eigenvalue weighted by Crippen LogP contribution is 2.64. The van der Waals surface area contributed by atoms with Gasteiger partial charge in [0.2, 0.25) is 0 Å². The average molecular weight is 433 g/mol. The first-order valence-electron chi connectivity index (χ1n) is 10.4. The van der Waals surface area contributed by atoms with Crippen LogP contribution in [-0.2, 0) is 26.2 Å². The minimum atomic E-state index is -1.08. The first-order chi connectivity index (χ1) is 14.7. The van der Waals surface area contributed by atoms with E-state index in [0.29, 0.717) is 24.3 Å². The lowest BCUT2D eigenvalue weighted by atomic mass is 9.49. The van der Waals surface area contributed by atoms with Crippen molar-refractivity contribution < 1.29 is 39.2 Å². The van der Waals surface area contributed by atoms with Crippen LogP contribution in [-0.4, -0.2) is 76.4 Å². The number of ether oxygens (including phenoxy) is 2. The van der Waals surface area contributed by atoms with Crippen molar-refractivity contribution in [2.24, 2.45) is 0 Å². The maximum absolute atomic E-state index is 12.7. The highest BCUT2D eigenvalue weighted by molar-refractivity contribution is 5.90. The van der Waals surface area contributed by atoms with Crippen LogP contribution >= 0.6 is 0 Å². The van der Waals surface area contributed by atoms with Crippen molar-refractivity contribution in [1.82, 2.24) is 4.90 Å². The maximum Gasteiger partial charge on any atom is 0.303 e. The fourth-order valence-electron chi connectivity index (χ4n) is 5.90. The first-order valence-corrected chi connectivity index (χ1v) is 10.4. The fraction of sp³-hybridized carbons (Fsp3) is 0.591. The Morgan fingerprint density at radius 3 is 2.52 bits per heavy atom. The summed E-state index contributed by atoms with van der Waals surface area (Å²) in [6.07, 6.45) is 1.30. The minimum Gasteiger partial charge on any atom is -0.493 e. The number of carbonyl (C=O) groups excluding carboxylic acids is 1. The molecule has 5 rings (SSSR count). The number of Topliss-reactive ketones (excluding diaryl/α,β-unsaturated/α-hetero) is 1. The largest absolute Gasteiger partial charge is 0.493 e. The van der Waals surface area contributed by atoms with Gasteiger partial charge in [0.15, 0.2) is 23.4 Å². The van der Waals surface area contributed by atoms with E-state index >= 15 is 0 Å². The van der Waals surface area contributed by atoms with Crippen molar-refractivity contribution in [3.05, 3.63) is 23.3 Å². The van der Waals surface area contributed by atoms with Gasteiger partial charge in [-0.05, 0) is 44.5 Å². The topological polar surface area (TPSA) is 134 Å². The summed E-state index contributed by atoms with van der Waals surface area (Å²) in [7, 11) is 3.70. The third-order valence-electron chi connectivity index (χ3n) is 7.28. The van der Waals surface area contributed by atoms with Crippen molar-refractivity contribution in [2.45, 2.75) is 61.7 Å². The van der Waals surface area contributed by atoms with E-state index in [1.807, 2.05) is 6.07 Å². The molecule has 1 saturated heterocycles. The van der Waals surface area contributed by atoms with Crippen LogP contribution in [0.3, 0.4) is 0 Å². The van der Waals surface area contributed by atoms with Gasteiger partial charge in [0.05, 0.1) is 31.0 Å². The van der Waals surface area contributed by atoms with Crippen LogP contribution in [0.4, 0.5) is 0 Å². The molecule has 0 unspecified atom stereocenters. The lowest BCUT2D eigenvalue weighted by molar-refractivity contribution is -0.185. The predicted molar refractivity (Wildman–Crippen MR) is 108 cm³/mol. The van der Waals surface area contributed by atoms with Crippen LogP contribution in [0.15, 0.2) is 12.1 Å². The van der Waals surface area contributed by atoms with Crippen molar-refractivity contribution in [3.8, 4) is 11.5 Å². The Morgan fingerprint density at radius 1 is 1.23 bits per heavy atom. The summed E-state index contributed by atoms with van der Waals surface area (Å²) in [6, 6.07) is 4.05. The molecular weight excluding hydrogens is 406 g/mol. The molecule has 9 heteroatoms. The Morgan fingerprint density at radius 2 is 1.90 bits per heavy atom. The number of ketones is 1. The number of carboxylic acid groups (broad SMARTS) is 2. The summed E-state index contributed by atoms with van der Waals surface area (Å²) in [5.74, 6) is -0.685. The highest BCUT2D eigenvalue weighted by atomic mass is 16.5. The van der Waals surface area contributed by atoms with Gasteiger partial charge in [0, 0.05) is 18.0 Å².